The number of likely N-dealkylation sites (N-methyl/N-ethyl adjacent to an activating group) is 2. The summed E-state index contributed by atoms with van der Waals surface area (Å²) in [5.41, 5.74) is 0.368. The minimum absolute atomic E-state index is 0. The normalized spacial score (nSPS) is 38.4. The van der Waals surface area contributed by atoms with Gasteiger partial charge in [0.25, 0.3) is 0 Å². The largest absolute Gasteiger partial charge is 0.303 e. The summed E-state index contributed by atoms with van der Waals surface area (Å²) < 4.78 is 0. The lowest BCUT2D eigenvalue weighted by Gasteiger charge is -2.57. The summed E-state index contributed by atoms with van der Waals surface area (Å²) in [6.07, 6.45) is 10.1. The molecule has 5 nitrogen and oxygen atoms in total. The van der Waals surface area contributed by atoms with E-state index in [9.17, 15) is 0 Å². The van der Waals surface area contributed by atoms with Crippen LogP contribution in [0.15, 0.2) is 0 Å². The third kappa shape index (κ3) is 7.12. The van der Waals surface area contributed by atoms with Crippen LogP contribution >= 0.6 is 0 Å². The van der Waals surface area contributed by atoms with Gasteiger partial charge in [0.1, 0.15) is 0 Å². The van der Waals surface area contributed by atoms with E-state index in [0.29, 0.717) is 5.54 Å². The quantitative estimate of drug-likeness (QED) is 0.478. The number of hydrogen-bond donors (Lipinski definition) is 0. The Labute approximate surface area is 232 Å². The average molecular weight is 520 g/mol. The number of piperidine rings is 2. The van der Waals surface area contributed by atoms with Crippen LogP contribution in [0.4, 0.5) is 0 Å². The molecule has 37 heavy (non-hydrogen) atoms. The summed E-state index contributed by atoms with van der Waals surface area (Å²) in [4.78, 5) is 13.0. The van der Waals surface area contributed by atoms with Crippen LogP contribution in [-0.4, -0.2) is 120 Å². The molecule has 5 unspecified atom stereocenters. The predicted molar refractivity (Wildman–Crippen MR) is 161 cm³/mol. The highest BCUT2D eigenvalue weighted by Crippen LogP contribution is 2.40. The topological polar surface area (TPSA) is 16.2 Å². The molecule has 0 aromatic rings. The van der Waals surface area contributed by atoms with Crippen LogP contribution in [0.3, 0.4) is 0 Å². The van der Waals surface area contributed by atoms with Crippen LogP contribution in [0.2, 0.25) is 0 Å². The van der Waals surface area contributed by atoms with Gasteiger partial charge in [-0.3, -0.25) is 9.80 Å². The maximum atomic E-state index is 2.74. The lowest BCUT2D eigenvalue weighted by molar-refractivity contribution is -0.0804. The first-order valence-corrected chi connectivity index (χ1v) is 15.5. The highest BCUT2D eigenvalue weighted by Gasteiger charge is 2.45. The van der Waals surface area contributed by atoms with E-state index in [0.717, 1.165) is 54.1 Å². The molecule has 5 heteroatoms. The van der Waals surface area contributed by atoms with E-state index in [-0.39, 0.29) is 7.43 Å². The van der Waals surface area contributed by atoms with Crippen molar-refractivity contribution in [1.29, 1.82) is 0 Å². The zero-order valence-corrected chi connectivity index (χ0v) is 25.7. The first-order chi connectivity index (χ1) is 16.8. The van der Waals surface area contributed by atoms with Crippen molar-refractivity contribution < 1.29 is 0 Å². The molecule has 0 aliphatic carbocycles. The lowest BCUT2D eigenvalue weighted by atomic mass is 9.83. The summed E-state index contributed by atoms with van der Waals surface area (Å²) >= 11 is 0. The Balaban J connectivity index is 0.000000153. The molecule has 7 fully saturated rings. The van der Waals surface area contributed by atoms with E-state index in [1.807, 2.05) is 0 Å². The van der Waals surface area contributed by atoms with Crippen LogP contribution in [0.5, 0.6) is 0 Å². The molecule has 0 N–H and O–H groups in total. The second kappa shape index (κ2) is 12.5. The second-order valence-electron chi connectivity index (χ2n) is 15.0. The molecule has 0 amide bonds. The summed E-state index contributed by atoms with van der Waals surface area (Å²) in [6.45, 7) is 21.6. The highest BCUT2D eigenvalue weighted by atomic mass is 15.4. The SMILES string of the molecule is C.CC(C)C1C[C@H]2CC[C@@H](C1)N2C.CC(C)N1C2CC1CN(C)C2.CN1CC2CCC(C1)N2C(C)(C)C. The van der Waals surface area contributed by atoms with Crippen molar-refractivity contribution in [2.75, 3.05) is 47.3 Å². The fourth-order valence-corrected chi connectivity index (χ4v) is 8.90. The fourth-order valence-electron chi connectivity index (χ4n) is 8.90. The van der Waals surface area contributed by atoms with Gasteiger partial charge in [-0.05, 0) is 113 Å². The van der Waals surface area contributed by atoms with Gasteiger partial charge in [0.05, 0.1) is 0 Å². The van der Waals surface area contributed by atoms with Gasteiger partial charge >= 0.3 is 0 Å². The van der Waals surface area contributed by atoms with Crippen LogP contribution in [0, 0.1) is 11.8 Å². The van der Waals surface area contributed by atoms with Crippen molar-refractivity contribution in [2.45, 2.75) is 149 Å². The summed E-state index contributed by atoms with van der Waals surface area (Å²) in [5, 5.41) is 0. The molecular formula is C32H65N5. The Morgan fingerprint density at radius 1 is 0.595 bits per heavy atom. The van der Waals surface area contributed by atoms with Crippen LogP contribution in [0.1, 0.15) is 101 Å². The van der Waals surface area contributed by atoms with E-state index in [1.54, 1.807) is 0 Å². The Bertz CT molecular complexity index is 662. The molecule has 0 radical (unpaired) electrons. The van der Waals surface area contributed by atoms with Crippen molar-refractivity contribution in [2.24, 2.45) is 11.8 Å². The van der Waals surface area contributed by atoms with Crippen molar-refractivity contribution in [1.82, 2.24) is 24.5 Å². The molecule has 6 bridgehead atoms. The number of piperazine rings is 2. The zero-order valence-electron chi connectivity index (χ0n) is 25.7. The summed E-state index contributed by atoms with van der Waals surface area (Å²) in [5.74, 6) is 1.92. The number of hydrogen-bond acceptors (Lipinski definition) is 5. The predicted octanol–water partition coefficient (Wildman–Crippen LogP) is 5.50. The first kappa shape index (κ1) is 31.3. The Kier molecular flexibility index (Phi) is 10.6. The second-order valence-corrected chi connectivity index (χ2v) is 15.0. The van der Waals surface area contributed by atoms with Gasteiger partial charge in [0.15, 0.2) is 0 Å². The third-order valence-corrected chi connectivity index (χ3v) is 10.5. The zero-order chi connectivity index (χ0) is 26.4. The molecule has 7 aliphatic heterocycles. The van der Waals surface area contributed by atoms with Crippen molar-refractivity contribution in [3.8, 4) is 0 Å². The Morgan fingerprint density at radius 3 is 1.38 bits per heavy atom. The van der Waals surface area contributed by atoms with Gasteiger partial charge in [-0.2, -0.15) is 0 Å². The fraction of sp³-hybridized carbons (Fsp3) is 1.00. The molecular weight excluding hydrogens is 454 g/mol. The molecule has 7 atom stereocenters. The van der Waals surface area contributed by atoms with Gasteiger partial charge in [-0.1, -0.05) is 21.3 Å². The van der Waals surface area contributed by atoms with Gasteiger partial charge < -0.3 is 14.7 Å². The molecule has 0 saturated carbocycles. The van der Waals surface area contributed by atoms with E-state index < -0.39 is 0 Å². The van der Waals surface area contributed by atoms with E-state index in [2.05, 4.69) is 94.1 Å². The van der Waals surface area contributed by atoms with Crippen molar-refractivity contribution in [3.63, 3.8) is 0 Å². The minimum Gasteiger partial charge on any atom is -0.303 e. The van der Waals surface area contributed by atoms with E-state index >= 15 is 0 Å². The standard InChI is InChI=1S/C11H22N2.C11H21N.C9H18N2.CH4/c1-11(2,3)13-9-5-6-10(13)8-12(4)7-9;1-8(2)9-6-10-4-5-11(7-9)12(10)3;1-7(2)11-8-4-9(11)6-10(3)5-8;/h9-10H,5-8H2,1-4H3;8-11H,4-7H2,1-3H3;7-9H,4-6H2,1-3H3;1H4/t;9?,10-,11+;;. The van der Waals surface area contributed by atoms with Crippen molar-refractivity contribution in [3.05, 3.63) is 0 Å². The molecule has 0 aromatic carbocycles. The average Bonchev–Trinajstić information content (AvgIpc) is 3.14. The molecule has 0 spiro atoms. The maximum Gasteiger partial charge on any atom is 0.0244 e. The van der Waals surface area contributed by atoms with Crippen LogP contribution in [-0.2, 0) is 0 Å². The summed E-state index contributed by atoms with van der Waals surface area (Å²) in [6, 6.07) is 6.00. The maximum absolute atomic E-state index is 2.74. The highest BCUT2D eigenvalue weighted by molar-refractivity contribution is 5.01. The first-order valence-electron chi connectivity index (χ1n) is 15.5. The van der Waals surface area contributed by atoms with E-state index in [1.165, 1.54) is 71.1 Å². The van der Waals surface area contributed by atoms with Gasteiger partial charge in [-0.15, -0.1) is 0 Å². The number of fused-ring (bicyclic) bond motifs is 6. The van der Waals surface area contributed by atoms with Gasteiger partial charge in [0, 0.05) is 74.0 Å². The third-order valence-electron chi connectivity index (χ3n) is 10.5. The summed E-state index contributed by atoms with van der Waals surface area (Å²) in [7, 11) is 6.81. The monoisotopic (exact) mass is 520 g/mol. The molecule has 7 saturated heterocycles. The molecule has 0 aromatic heterocycles. The molecule has 7 aliphatic rings. The van der Waals surface area contributed by atoms with E-state index in [4.69, 9.17) is 0 Å². The smallest absolute Gasteiger partial charge is 0.0244 e. The van der Waals surface area contributed by atoms with Crippen LogP contribution < -0.4 is 0 Å². The molecule has 218 valence electrons. The number of likely N-dealkylation sites (tertiary alicyclic amines) is 1. The Hall–Kier alpha value is -0.200. The number of rotatable bonds is 2. The van der Waals surface area contributed by atoms with Crippen LogP contribution in [0.25, 0.3) is 0 Å². The molecule has 7 rings (SSSR count). The Morgan fingerprint density at radius 2 is 1.00 bits per heavy atom. The van der Waals surface area contributed by atoms with Gasteiger partial charge in [-0.25, -0.2) is 0 Å². The number of nitrogens with zero attached hydrogens (tertiary/aromatic N) is 5. The van der Waals surface area contributed by atoms with Gasteiger partial charge in [0.2, 0.25) is 0 Å². The molecule has 7 heterocycles. The minimum atomic E-state index is 0. The van der Waals surface area contributed by atoms with Crippen molar-refractivity contribution >= 4 is 0 Å². The lowest BCUT2D eigenvalue weighted by Crippen LogP contribution is -2.69.